The van der Waals surface area contributed by atoms with Gasteiger partial charge in [0.1, 0.15) is 23.3 Å². The lowest BCUT2D eigenvalue weighted by Crippen LogP contribution is -2.37. The number of anilines is 1. The molecule has 52 heavy (non-hydrogen) atoms. The molecule has 2 aromatic carbocycles. The minimum absolute atomic E-state index is 0.197. The average Bonchev–Trinajstić information content (AvgIpc) is 3.84. The van der Waals surface area contributed by atoms with Crippen LogP contribution in [0.15, 0.2) is 72.9 Å². The van der Waals surface area contributed by atoms with Crippen LogP contribution in [0.25, 0.3) is 11.3 Å². The average molecular weight is 705 g/mol. The van der Waals surface area contributed by atoms with Gasteiger partial charge < -0.3 is 14.8 Å². The van der Waals surface area contributed by atoms with Crippen LogP contribution >= 0.6 is 0 Å². The Morgan fingerprint density at radius 3 is 2.37 bits per heavy atom. The molecule has 3 unspecified atom stereocenters. The van der Waals surface area contributed by atoms with Crippen molar-refractivity contribution in [2.75, 3.05) is 11.9 Å². The fourth-order valence-electron chi connectivity index (χ4n) is 6.98. The lowest BCUT2D eigenvalue weighted by molar-refractivity contribution is 0.0217. The third-order valence-corrected chi connectivity index (χ3v) is 9.60. The first kappa shape index (κ1) is 35.0. The predicted molar refractivity (Wildman–Crippen MR) is 199 cm³/mol. The van der Waals surface area contributed by atoms with Crippen molar-refractivity contribution in [2.24, 2.45) is 0 Å². The molecule has 12 nitrogen and oxygen atoms in total. The lowest BCUT2D eigenvalue weighted by Gasteiger charge is -2.32. The third-order valence-electron chi connectivity index (χ3n) is 9.60. The number of nitrogens with one attached hydrogen (secondary N) is 2. The standard InChI is InChI=1S/C40H48N8O4/c1-25-14-16-26(17-15-25)48-35(23-33(45-48)39(2,3)4)42-37(49)41-30-19-20-32(29-12-9-8-11-28(29)30)51-27-18-21-34-43-44-36(47(34)24-27)31-13-10-22-46(31)38(50)52-40(5,6)7/h8-9,11-12,14-18,21,23-24,30-32H,10,13,19-20,22H2,1-7H3,(H2,41,42,49). The van der Waals surface area contributed by atoms with Crippen molar-refractivity contribution in [2.45, 2.75) is 103 Å². The third kappa shape index (κ3) is 7.33. The molecule has 2 aliphatic rings. The highest BCUT2D eigenvalue weighted by Gasteiger charge is 2.36. The highest BCUT2D eigenvalue weighted by atomic mass is 16.6. The Morgan fingerprint density at radius 2 is 1.63 bits per heavy atom. The molecule has 12 heteroatoms. The molecule has 272 valence electrons. The smallest absolute Gasteiger partial charge is 0.410 e. The van der Waals surface area contributed by atoms with E-state index in [1.165, 1.54) is 0 Å². The second-order valence-corrected chi connectivity index (χ2v) is 15.9. The first-order valence-corrected chi connectivity index (χ1v) is 18.1. The molecule has 1 aliphatic heterocycles. The van der Waals surface area contributed by atoms with Gasteiger partial charge in [-0.15, -0.1) is 10.2 Å². The Balaban J connectivity index is 1.08. The van der Waals surface area contributed by atoms with E-state index in [9.17, 15) is 9.59 Å². The fourth-order valence-corrected chi connectivity index (χ4v) is 6.98. The Hall–Kier alpha value is -5.39. The minimum Gasteiger partial charge on any atom is -0.484 e. The number of ether oxygens (including phenoxy) is 2. The van der Waals surface area contributed by atoms with Crippen LogP contribution in [-0.2, 0) is 10.2 Å². The summed E-state index contributed by atoms with van der Waals surface area (Å²) in [6, 6.07) is 21.2. The van der Waals surface area contributed by atoms with Gasteiger partial charge in [-0.1, -0.05) is 62.7 Å². The van der Waals surface area contributed by atoms with Crippen molar-refractivity contribution < 1.29 is 19.1 Å². The van der Waals surface area contributed by atoms with Gasteiger partial charge in [0.25, 0.3) is 0 Å². The van der Waals surface area contributed by atoms with Crippen molar-refractivity contribution in [3.05, 3.63) is 101 Å². The zero-order valence-electron chi connectivity index (χ0n) is 31.0. The highest BCUT2D eigenvalue weighted by Crippen LogP contribution is 2.39. The number of fused-ring (bicyclic) bond motifs is 2. The minimum atomic E-state index is -0.589. The van der Waals surface area contributed by atoms with Crippen LogP contribution in [0.5, 0.6) is 5.75 Å². The molecule has 1 fully saturated rings. The number of benzene rings is 2. The van der Waals surface area contributed by atoms with Crippen molar-refractivity contribution in [3.8, 4) is 11.4 Å². The molecule has 4 heterocycles. The monoisotopic (exact) mass is 704 g/mol. The number of amides is 3. The summed E-state index contributed by atoms with van der Waals surface area (Å²) in [6.45, 7) is 14.6. The molecular weight excluding hydrogens is 656 g/mol. The van der Waals surface area contributed by atoms with Gasteiger partial charge in [-0.05, 0) is 88.8 Å². The second kappa shape index (κ2) is 13.6. The lowest BCUT2D eigenvalue weighted by atomic mass is 9.85. The number of carbonyl (C=O) groups is 2. The van der Waals surface area contributed by atoms with Crippen molar-refractivity contribution in [1.82, 2.24) is 34.6 Å². The van der Waals surface area contributed by atoms with Crippen molar-refractivity contribution >= 4 is 23.6 Å². The quantitative estimate of drug-likeness (QED) is 0.182. The summed E-state index contributed by atoms with van der Waals surface area (Å²) in [6.07, 6.45) is 4.34. The summed E-state index contributed by atoms with van der Waals surface area (Å²) >= 11 is 0. The zero-order chi connectivity index (χ0) is 36.8. The molecular formula is C40H48N8O4. The number of likely N-dealkylation sites (tertiary alicyclic amines) is 1. The molecule has 7 rings (SSSR count). The molecule has 1 aliphatic carbocycles. The molecule has 3 amide bonds. The van der Waals surface area contributed by atoms with E-state index in [2.05, 4.69) is 53.7 Å². The Morgan fingerprint density at radius 1 is 0.885 bits per heavy atom. The topological polar surface area (TPSA) is 128 Å². The van der Waals surface area contributed by atoms with E-state index < -0.39 is 5.60 Å². The summed E-state index contributed by atoms with van der Waals surface area (Å²) in [4.78, 5) is 28.4. The zero-order valence-corrected chi connectivity index (χ0v) is 31.0. The van der Waals surface area contributed by atoms with Crippen LogP contribution in [0.3, 0.4) is 0 Å². The number of nitrogens with zero attached hydrogens (tertiary/aromatic N) is 6. The molecule has 0 saturated carbocycles. The summed E-state index contributed by atoms with van der Waals surface area (Å²) in [5.41, 5.74) is 4.84. The number of aryl methyl sites for hydroxylation is 1. The summed E-state index contributed by atoms with van der Waals surface area (Å²) < 4.78 is 16.0. The van der Waals surface area contributed by atoms with E-state index in [-0.39, 0.29) is 35.7 Å². The molecule has 3 atom stereocenters. The molecule has 0 bridgehead atoms. The Kier molecular flexibility index (Phi) is 9.18. The summed E-state index contributed by atoms with van der Waals surface area (Å²) in [7, 11) is 0. The maximum absolute atomic E-state index is 13.6. The van der Waals surface area contributed by atoms with Gasteiger partial charge >= 0.3 is 12.1 Å². The number of pyridine rings is 1. The van der Waals surface area contributed by atoms with Gasteiger partial charge in [0.2, 0.25) is 0 Å². The van der Waals surface area contributed by atoms with Crippen LogP contribution in [-0.4, -0.2) is 53.5 Å². The van der Waals surface area contributed by atoms with E-state index in [0.29, 0.717) is 42.4 Å². The van der Waals surface area contributed by atoms with Gasteiger partial charge in [0.05, 0.1) is 29.7 Å². The predicted octanol–water partition coefficient (Wildman–Crippen LogP) is 8.37. The van der Waals surface area contributed by atoms with Crippen LogP contribution in [0.1, 0.15) is 114 Å². The fraction of sp³-hybridized carbons (Fsp3) is 0.425. The molecule has 0 radical (unpaired) electrons. The normalized spacial score (nSPS) is 19.0. The number of hydrogen-bond acceptors (Lipinski definition) is 7. The van der Waals surface area contributed by atoms with Gasteiger partial charge in [-0.2, -0.15) is 5.10 Å². The Labute approximate surface area is 304 Å². The summed E-state index contributed by atoms with van der Waals surface area (Å²) in [5, 5.41) is 20.0. The van der Waals surface area contributed by atoms with Crippen LogP contribution in [0.2, 0.25) is 0 Å². The van der Waals surface area contributed by atoms with E-state index in [1.54, 1.807) is 9.58 Å². The van der Waals surface area contributed by atoms with Gasteiger partial charge in [-0.3, -0.25) is 14.6 Å². The number of carbonyl (C=O) groups excluding carboxylic acids is 2. The second-order valence-electron chi connectivity index (χ2n) is 15.9. The van der Waals surface area contributed by atoms with Gasteiger partial charge in [0.15, 0.2) is 11.5 Å². The highest BCUT2D eigenvalue weighted by molar-refractivity contribution is 5.89. The summed E-state index contributed by atoms with van der Waals surface area (Å²) in [5.74, 6) is 1.95. The van der Waals surface area contributed by atoms with E-state index in [1.807, 2.05) is 92.9 Å². The van der Waals surface area contributed by atoms with E-state index in [0.717, 1.165) is 40.9 Å². The van der Waals surface area contributed by atoms with Gasteiger partial charge in [-0.25, -0.2) is 14.3 Å². The van der Waals surface area contributed by atoms with Crippen molar-refractivity contribution in [3.63, 3.8) is 0 Å². The Bertz CT molecular complexity index is 2090. The molecule has 1 saturated heterocycles. The number of hydrogen-bond donors (Lipinski definition) is 2. The van der Waals surface area contributed by atoms with E-state index in [4.69, 9.17) is 14.6 Å². The maximum atomic E-state index is 13.6. The molecule has 5 aromatic rings. The van der Waals surface area contributed by atoms with Crippen LogP contribution in [0, 0.1) is 6.92 Å². The molecule has 2 N–H and O–H groups in total. The number of urea groups is 1. The van der Waals surface area contributed by atoms with Crippen LogP contribution < -0.4 is 15.4 Å². The number of aromatic nitrogens is 5. The first-order chi connectivity index (χ1) is 24.7. The largest absolute Gasteiger partial charge is 0.484 e. The molecule has 0 spiro atoms. The first-order valence-electron chi connectivity index (χ1n) is 18.1. The SMILES string of the molecule is Cc1ccc(-n2nc(C(C)(C)C)cc2NC(=O)NC2CCC(Oc3ccc4nnc(C5CCCN5C(=O)OC(C)(C)C)n4c3)c3ccccc32)cc1. The number of rotatable bonds is 6. The van der Waals surface area contributed by atoms with Crippen molar-refractivity contribution in [1.29, 1.82) is 0 Å². The van der Waals surface area contributed by atoms with E-state index >= 15 is 0 Å². The van der Waals surface area contributed by atoms with Crippen LogP contribution in [0.4, 0.5) is 15.4 Å². The van der Waals surface area contributed by atoms with Gasteiger partial charge in [0, 0.05) is 18.0 Å². The maximum Gasteiger partial charge on any atom is 0.410 e. The molecule has 3 aromatic heterocycles.